The second-order valence-corrected chi connectivity index (χ2v) is 35.4. The zero-order chi connectivity index (χ0) is 55.7. The smallest absolute Gasteiger partial charge is 0.0654 e. The van der Waals surface area contributed by atoms with Gasteiger partial charge in [-0.2, -0.15) is 0 Å². The number of unbranched alkanes of at least 4 members (excludes halogenated alkanes) is 34. The fourth-order valence-corrected chi connectivity index (χ4v) is 19.3. The van der Waals surface area contributed by atoms with Crippen LogP contribution in [0.2, 0.25) is 0 Å². The molecule has 8 heteroatoms. The van der Waals surface area contributed by atoms with E-state index in [4.69, 9.17) is 0 Å². The maximum absolute atomic E-state index is 15.0. The molecule has 0 aliphatic carbocycles. The van der Waals surface area contributed by atoms with Crippen molar-refractivity contribution in [2.24, 2.45) is 11.8 Å². The van der Waals surface area contributed by atoms with Crippen molar-refractivity contribution in [1.82, 2.24) is 9.13 Å². The van der Waals surface area contributed by atoms with Gasteiger partial charge in [0, 0.05) is 0 Å². The Morgan fingerprint density at radius 1 is 0.333 bits per heavy atom. The van der Waals surface area contributed by atoms with Crippen molar-refractivity contribution in [1.29, 1.82) is 0 Å². The molecule has 4 nitrogen and oxygen atoms in total. The minimum absolute atomic E-state index is 0.137. The SMILES string of the molecule is CCCCCCCCCCCCC(CCCCCCCCCC)CCCCn1c(=O)c(-c2ccc(Br)[te]2)cc2c1cc(-c1ccc(Br)[te]1)c(=O)n2CCCCC(CCCCCCCCCC)CCCCCCCCCCCC. The number of nitrogens with zero attached hydrogens (tertiary/aromatic N) is 2. The Bertz CT molecular complexity index is 2050. The fraction of sp³-hybridized carbons (Fsp3) is 0.771. The monoisotopic (exact) mass is 1430 g/mol. The Morgan fingerprint density at radius 3 is 0.795 bits per heavy atom. The van der Waals surface area contributed by atoms with Crippen LogP contribution in [0.3, 0.4) is 0 Å². The second-order valence-electron chi connectivity index (χ2n) is 24.2. The Morgan fingerprint density at radius 2 is 0.564 bits per heavy atom. The summed E-state index contributed by atoms with van der Waals surface area (Å²) < 4.78 is 9.11. The molecule has 2 unspecified atom stereocenters. The van der Waals surface area contributed by atoms with Crippen molar-refractivity contribution in [2.45, 2.75) is 336 Å². The van der Waals surface area contributed by atoms with E-state index < -0.39 is 40.9 Å². The molecule has 0 fully saturated rings. The van der Waals surface area contributed by atoms with Gasteiger partial charge >= 0.3 is 314 Å². The third-order valence-corrected chi connectivity index (χ3v) is 25.3. The van der Waals surface area contributed by atoms with Gasteiger partial charge in [0.05, 0.1) is 0 Å². The van der Waals surface area contributed by atoms with E-state index in [1.165, 1.54) is 282 Å². The summed E-state index contributed by atoms with van der Waals surface area (Å²) in [6.07, 6.45) is 62.3. The van der Waals surface area contributed by atoms with Gasteiger partial charge in [-0.3, -0.25) is 0 Å². The van der Waals surface area contributed by atoms with Gasteiger partial charge in [-0.25, -0.2) is 0 Å². The number of fused-ring (bicyclic) bond motifs is 1. The Hall–Kier alpha value is -0.341. The molecule has 0 amide bonds. The molecule has 0 aliphatic rings. The predicted octanol–water partition coefficient (Wildman–Crippen LogP) is 23.4. The average molecular weight is 1430 g/mol. The van der Waals surface area contributed by atoms with Crippen molar-refractivity contribution < 1.29 is 0 Å². The summed E-state index contributed by atoms with van der Waals surface area (Å²) in [7, 11) is 0. The van der Waals surface area contributed by atoms with Crippen LogP contribution in [0, 0.1) is 11.8 Å². The number of rotatable bonds is 52. The van der Waals surface area contributed by atoms with Crippen molar-refractivity contribution in [2.75, 3.05) is 0 Å². The topological polar surface area (TPSA) is 44.0 Å². The number of aryl methyl sites for hydroxylation is 2. The van der Waals surface area contributed by atoms with E-state index in [1.54, 1.807) is 0 Å². The standard InChI is InChI=1S/C70H116Br2N2O2Te2/c1-5-9-13-17-21-25-27-31-35-39-47-59(45-37-33-29-23-19-15-11-7-3)49-41-43-55-73-63-57-62(66-52-54-68(72)78-66)70(76)74(64(63)58-61(69(73)75)65-51-53-67(71)77-65)56-44-42-50-60(46-38-34-30-24-20-16-12-8-4)48-40-36-32-28-26-22-18-14-10-6-2/h51-54,57-60H,5-50,55-56H2,1-4H3. The van der Waals surface area contributed by atoms with Crippen LogP contribution in [0.1, 0.15) is 323 Å². The maximum atomic E-state index is 15.0. The minimum atomic E-state index is -0.686. The third-order valence-electron chi connectivity index (χ3n) is 17.4. The molecule has 0 saturated heterocycles. The van der Waals surface area contributed by atoms with Crippen LogP contribution in [-0.4, -0.2) is 50.0 Å². The summed E-state index contributed by atoms with van der Waals surface area (Å²) in [5.41, 5.74) is 3.86. The average Bonchev–Trinajstić information content (AvgIpc) is 4.24. The van der Waals surface area contributed by atoms with E-state index in [0.717, 1.165) is 59.7 Å². The first-order valence-corrected chi connectivity index (χ1v) is 39.9. The first kappa shape index (κ1) is 70.1. The molecular weight excluding hydrogens is 1320 g/mol. The molecule has 2 atom stereocenters. The molecular formula is C70H116Br2N2O2Te2. The molecule has 0 aromatic carbocycles. The Balaban J connectivity index is 1.50. The summed E-state index contributed by atoms with van der Waals surface area (Å²) in [6.45, 7) is 10.7. The molecule has 444 valence electrons. The molecule has 0 spiro atoms. The van der Waals surface area contributed by atoms with E-state index in [2.05, 4.69) is 105 Å². The van der Waals surface area contributed by atoms with Gasteiger partial charge in [-0.1, -0.05) is 207 Å². The Labute approximate surface area is 516 Å². The van der Waals surface area contributed by atoms with Crippen LogP contribution in [0.15, 0.2) is 51.0 Å². The molecule has 0 saturated carbocycles. The van der Waals surface area contributed by atoms with Crippen molar-refractivity contribution in [3.05, 3.63) is 62.1 Å². The predicted molar refractivity (Wildman–Crippen MR) is 355 cm³/mol. The summed E-state index contributed by atoms with van der Waals surface area (Å²) in [5, 5.41) is 0. The minimum Gasteiger partial charge on any atom is -0.0654 e. The van der Waals surface area contributed by atoms with E-state index in [0.29, 0.717) is 13.1 Å². The molecule has 4 aromatic heterocycles. The number of hydrogen-bond acceptors (Lipinski definition) is 2. The van der Waals surface area contributed by atoms with Crippen molar-refractivity contribution in [3.8, 4) is 18.3 Å². The summed E-state index contributed by atoms with van der Waals surface area (Å²) in [6, 6.07) is 13.0. The van der Waals surface area contributed by atoms with Crippen LogP contribution in [0.25, 0.3) is 29.3 Å². The molecule has 0 bridgehead atoms. The first-order chi connectivity index (χ1) is 38.3. The van der Waals surface area contributed by atoms with E-state index in [-0.39, 0.29) is 11.1 Å². The van der Waals surface area contributed by atoms with Gasteiger partial charge < -0.3 is 0 Å². The summed E-state index contributed by atoms with van der Waals surface area (Å²) in [5.74, 6) is 1.57. The summed E-state index contributed by atoms with van der Waals surface area (Å²) in [4.78, 5) is 30.0. The first-order valence-electron chi connectivity index (χ1n) is 33.6. The number of hydrogen-bond donors (Lipinski definition) is 0. The molecule has 4 heterocycles. The Kier molecular flexibility index (Phi) is 41.4. The van der Waals surface area contributed by atoms with E-state index in [9.17, 15) is 0 Å². The molecule has 0 N–H and O–H groups in total. The van der Waals surface area contributed by atoms with Crippen LogP contribution >= 0.6 is 31.9 Å². The van der Waals surface area contributed by atoms with Crippen molar-refractivity contribution >= 4 is 83.8 Å². The number of pyridine rings is 2. The fourth-order valence-electron chi connectivity index (χ4n) is 12.4. The molecule has 78 heavy (non-hydrogen) atoms. The van der Waals surface area contributed by atoms with Crippen molar-refractivity contribution in [3.63, 3.8) is 0 Å². The van der Waals surface area contributed by atoms with Gasteiger partial charge in [-0.05, 0) is 0 Å². The quantitative estimate of drug-likeness (QED) is 0.0327. The molecule has 0 radical (unpaired) electrons. The van der Waals surface area contributed by atoms with Gasteiger partial charge in [0.15, 0.2) is 0 Å². The molecule has 0 aliphatic heterocycles. The summed E-state index contributed by atoms with van der Waals surface area (Å²) >= 11 is 6.25. The molecule has 4 aromatic rings. The van der Waals surface area contributed by atoms with Crippen LogP contribution < -0.4 is 11.1 Å². The van der Waals surface area contributed by atoms with Crippen LogP contribution in [-0.2, 0) is 13.1 Å². The van der Waals surface area contributed by atoms with Gasteiger partial charge in [0.25, 0.3) is 0 Å². The van der Waals surface area contributed by atoms with Crippen LogP contribution in [0.4, 0.5) is 0 Å². The second kappa shape index (κ2) is 46.0. The number of aromatic nitrogens is 2. The van der Waals surface area contributed by atoms with E-state index in [1.807, 2.05) is 0 Å². The third kappa shape index (κ3) is 29.5. The van der Waals surface area contributed by atoms with Gasteiger partial charge in [-0.15, -0.1) is 0 Å². The normalized spacial score (nSPS) is 12.6. The van der Waals surface area contributed by atoms with E-state index >= 15 is 9.59 Å². The van der Waals surface area contributed by atoms with Gasteiger partial charge in [0.1, 0.15) is 0 Å². The zero-order valence-corrected chi connectivity index (χ0v) is 58.7. The zero-order valence-electron chi connectivity index (χ0n) is 50.8. The van der Waals surface area contributed by atoms with Gasteiger partial charge in [0.2, 0.25) is 0 Å². The number of halogens is 2. The van der Waals surface area contributed by atoms with Crippen LogP contribution in [0.5, 0.6) is 0 Å². The molecule has 4 rings (SSSR count).